The molecule has 3 fully saturated rings. The standard InChI is InChI=1S/C23H32N4O/c28-23(20-7-6-19-8-9-24-22(19)15-20)27-10-2-3-18(17-27)16-25-11-13-26(14-12-25)21-4-1-5-21/h6-9,15,18,21,24H,1-5,10-14,16-17H2. The average molecular weight is 381 g/mol. The number of carbonyl (C=O) groups excluding carboxylic acids is 1. The Morgan fingerprint density at radius 3 is 2.64 bits per heavy atom. The lowest BCUT2D eigenvalue weighted by Crippen LogP contribution is -2.53. The molecular formula is C23H32N4O. The summed E-state index contributed by atoms with van der Waals surface area (Å²) in [4.78, 5) is 23.7. The lowest BCUT2D eigenvalue weighted by molar-refractivity contribution is 0.0428. The number of benzene rings is 1. The fraction of sp³-hybridized carbons (Fsp3) is 0.609. The topological polar surface area (TPSA) is 42.6 Å². The summed E-state index contributed by atoms with van der Waals surface area (Å²) in [5, 5.41) is 1.16. The van der Waals surface area contributed by atoms with Gasteiger partial charge in [0.05, 0.1) is 0 Å². The van der Waals surface area contributed by atoms with Gasteiger partial charge in [0, 0.05) is 69.1 Å². The number of hydrogen-bond acceptors (Lipinski definition) is 3. The number of piperazine rings is 1. The molecule has 0 radical (unpaired) electrons. The van der Waals surface area contributed by atoms with E-state index in [1.165, 1.54) is 51.9 Å². The smallest absolute Gasteiger partial charge is 0.253 e. The number of carbonyl (C=O) groups is 1. The van der Waals surface area contributed by atoms with E-state index in [1.54, 1.807) is 0 Å². The van der Waals surface area contributed by atoms with Crippen molar-refractivity contribution < 1.29 is 4.79 Å². The molecule has 1 N–H and O–H groups in total. The van der Waals surface area contributed by atoms with Crippen molar-refractivity contribution in [3.63, 3.8) is 0 Å². The van der Waals surface area contributed by atoms with E-state index < -0.39 is 0 Å². The van der Waals surface area contributed by atoms with Crippen molar-refractivity contribution in [2.24, 2.45) is 5.92 Å². The number of likely N-dealkylation sites (tertiary alicyclic amines) is 1. The second-order valence-corrected chi connectivity index (χ2v) is 8.96. The van der Waals surface area contributed by atoms with Crippen molar-refractivity contribution in [1.82, 2.24) is 19.7 Å². The molecule has 5 rings (SSSR count). The molecule has 5 heteroatoms. The number of fused-ring (bicyclic) bond motifs is 1. The predicted octanol–water partition coefficient (Wildman–Crippen LogP) is 3.19. The van der Waals surface area contributed by atoms with Crippen molar-refractivity contribution in [3.8, 4) is 0 Å². The summed E-state index contributed by atoms with van der Waals surface area (Å²) in [5.41, 5.74) is 1.86. The van der Waals surface area contributed by atoms with Gasteiger partial charge in [-0.1, -0.05) is 12.5 Å². The third-order valence-corrected chi connectivity index (χ3v) is 7.12. The van der Waals surface area contributed by atoms with E-state index in [-0.39, 0.29) is 5.91 Å². The Morgan fingerprint density at radius 1 is 1.00 bits per heavy atom. The normalized spacial score (nSPS) is 25.1. The lowest BCUT2D eigenvalue weighted by Gasteiger charge is -2.44. The third-order valence-electron chi connectivity index (χ3n) is 7.12. The molecule has 3 aliphatic rings. The quantitative estimate of drug-likeness (QED) is 0.886. The lowest BCUT2D eigenvalue weighted by atomic mass is 9.91. The Morgan fingerprint density at radius 2 is 1.86 bits per heavy atom. The molecule has 1 unspecified atom stereocenters. The first kappa shape index (κ1) is 18.2. The molecule has 3 heterocycles. The van der Waals surface area contributed by atoms with Crippen LogP contribution in [0.25, 0.3) is 10.9 Å². The zero-order chi connectivity index (χ0) is 18.9. The molecule has 0 spiro atoms. The summed E-state index contributed by atoms with van der Waals surface area (Å²) in [7, 11) is 0. The van der Waals surface area contributed by atoms with E-state index in [2.05, 4.69) is 19.7 Å². The van der Waals surface area contributed by atoms with E-state index in [9.17, 15) is 4.79 Å². The molecule has 1 atom stereocenters. The maximum Gasteiger partial charge on any atom is 0.253 e. The van der Waals surface area contributed by atoms with Gasteiger partial charge in [0.15, 0.2) is 0 Å². The molecule has 2 aliphatic heterocycles. The first-order valence-corrected chi connectivity index (χ1v) is 11.1. The highest BCUT2D eigenvalue weighted by atomic mass is 16.2. The van der Waals surface area contributed by atoms with Crippen LogP contribution in [0.3, 0.4) is 0 Å². The minimum atomic E-state index is 0.191. The first-order chi connectivity index (χ1) is 13.8. The largest absolute Gasteiger partial charge is 0.361 e. The third kappa shape index (κ3) is 3.70. The molecule has 1 aromatic carbocycles. The summed E-state index contributed by atoms with van der Waals surface area (Å²) < 4.78 is 0. The Balaban J connectivity index is 1.16. The number of nitrogens with zero attached hydrogens (tertiary/aromatic N) is 3. The monoisotopic (exact) mass is 380 g/mol. The molecule has 2 aromatic rings. The molecular weight excluding hydrogens is 348 g/mol. The fourth-order valence-corrected chi connectivity index (χ4v) is 5.19. The van der Waals surface area contributed by atoms with E-state index >= 15 is 0 Å². The zero-order valence-electron chi connectivity index (χ0n) is 16.8. The fourth-order valence-electron chi connectivity index (χ4n) is 5.19. The summed E-state index contributed by atoms with van der Waals surface area (Å²) in [6.45, 7) is 7.82. The number of aromatic nitrogens is 1. The molecule has 0 bridgehead atoms. The minimum absolute atomic E-state index is 0.191. The maximum atomic E-state index is 13.1. The highest BCUT2D eigenvalue weighted by molar-refractivity contribution is 5.98. The van der Waals surface area contributed by atoms with Crippen LogP contribution >= 0.6 is 0 Å². The minimum Gasteiger partial charge on any atom is -0.361 e. The van der Waals surface area contributed by atoms with Gasteiger partial charge in [-0.2, -0.15) is 0 Å². The highest BCUT2D eigenvalue weighted by Crippen LogP contribution is 2.26. The Bertz CT molecular complexity index is 819. The molecule has 150 valence electrons. The first-order valence-electron chi connectivity index (χ1n) is 11.1. The number of hydrogen-bond donors (Lipinski definition) is 1. The Hall–Kier alpha value is -1.85. The van der Waals surface area contributed by atoms with Gasteiger partial charge < -0.3 is 14.8 Å². The highest BCUT2D eigenvalue weighted by Gasteiger charge is 2.30. The molecule has 1 aliphatic carbocycles. The molecule has 1 amide bonds. The van der Waals surface area contributed by atoms with E-state index in [0.29, 0.717) is 5.92 Å². The predicted molar refractivity (Wildman–Crippen MR) is 113 cm³/mol. The second-order valence-electron chi connectivity index (χ2n) is 8.96. The molecule has 1 saturated carbocycles. The van der Waals surface area contributed by atoms with Gasteiger partial charge in [0.2, 0.25) is 0 Å². The number of piperidine rings is 1. The summed E-state index contributed by atoms with van der Waals surface area (Å²) >= 11 is 0. The second kappa shape index (κ2) is 7.88. The van der Waals surface area contributed by atoms with Crippen molar-refractivity contribution in [3.05, 3.63) is 36.0 Å². The van der Waals surface area contributed by atoms with Gasteiger partial charge in [-0.25, -0.2) is 0 Å². The van der Waals surface area contributed by atoms with Crippen molar-refractivity contribution in [2.45, 2.75) is 38.1 Å². The average Bonchev–Trinajstić information content (AvgIpc) is 3.15. The van der Waals surface area contributed by atoms with E-state index in [1.807, 2.05) is 30.5 Å². The van der Waals surface area contributed by atoms with Crippen LogP contribution in [0.1, 0.15) is 42.5 Å². The van der Waals surface area contributed by atoms with Crippen LogP contribution in [0, 0.1) is 5.92 Å². The van der Waals surface area contributed by atoms with E-state index in [4.69, 9.17) is 0 Å². The zero-order valence-corrected chi connectivity index (χ0v) is 16.8. The van der Waals surface area contributed by atoms with Gasteiger partial charge in [0.25, 0.3) is 5.91 Å². The van der Waals surface area contributed by atoms with Crippen LogP contribution in [0.15, 0.2) is 30.5 Å². The van der Waals surface area contributed by atoms with Crippen LogP contribution in [0.2, 0.25) is 0 Å². The SMILES string of the molecule is O=C(c1ccc2cc[nH]c2c1)N1CCCC(CN2CCN(C3CCC3)CC2)C1. The number of amides is 1. The number of H-pyrrole nitrogens is 1. The van der Waals surface area contributed by atoms with Crippen LogP contribution in [-0.4, -0.2) is 77.4 Å². The molecule has 28 heavy (non-hydrogen) atoms. The van der Waals surface area contributed by atoms with Gasteiger partial charge >= 0.3 is 0 Å². The van der Waals surface area contributed by atoms with Crippen LogP contribution in [0.4, 0.5) is 0 Å². The van der Waals surface area contributed by atoms with Crippen molar-refractivity contribution >= 4 is 16.8 Å². The van der Waals surface area contributed by atoms with E-state index in [0.717, 1.165) is 48.6 Å². The van der Waals surface area contributed by atoms with Gasteiger partial charge in [-0.15, -0.1) is 0 Å². The molecule has 2 saturated heterocycles. The summed E-state index contributed by atoms with van der Waals surface area (Å²) in [5.74, 6) is 0.804. The van der Waals surface area contributed by atoms with Gasteiger partial charge in [-0.3, -0.25) is 9.69 Å². The van der Waals surface area contributed by atoms with Crippen LogP contribution in [0.5, 0.6) is 0 Å². The van der Waals surface area contributed by atoms with Crippen LogP contribution < -0.4 is 0 Å². The van der Waals surface area contributed by atoms with Gasteiger partial charge in [0.1, 0.15) is 0 Å². The Kier molecular flexibility index (Phi) is 5.12. The summed E-state index contributed by atoms with van der Waals surface area (Å²) in [6, 6.07) is 8.94. The summed E-state index contributed by atoms with van der Waals surface area (Å²) in [6.07, 6.45) is 8.56. The number of aromatic amines is 1. The number of rotatable bonds is 4. The Labute approximate surface area is 167 Å². The van der Waals surface area contributed by atoms with Crippen LogP contribution in [-0.2, 0) is 0 Å². The molecule has 5 nitrogen and oxygen atoms in total. The molecule has 1 aromatic heterocycles. The van der Waals surface area contributed by atoms with Gasteiger partial charge in [-0.05, 0) is 55.2 Å². The van der Waals surface area contributed by atoms with Crippen molar-refractivity contribution in [1.29, 1.82) is 0 Å². The maximum absolute atomic E-state index is 13.1. The van der Waals surface area contributed by atoms with Crippen molar-refractivity contribution in [2.75, 3.05) is 45.8 Å². The number of nitrogens with one attached hydrogen (secondary N) is 1.